The van der Waals surface area contributed by atoms with Gasteiger partial charge in [-0.05, 0) is 18.2 Å². The Hall–Kier alpha value is -1.07. The quantitative estimate of drug-likeness (QED) is 0.810. The standard InChI is InChI=1S/C9H11BrN2O2/c1-14-5-9(13)12-8-3-6(10)2-7(11)4-8/h2-4H,5,11H2,1H3,(H,12,13). The van der Waals surface area contributed by atoms with Gasteiger partial charge in [-0.25, -0.2) is 0 Å². The van der Waals surface area contributed by atoms with E-state index in [0.717, 1.165) is 4.47 Å². The Kier molecular flexibility index (Phi) is 3.91. The second-order valence-electron chi connectivity index (χ2n) is 2.75. The first-order valence-electron chi connectivity index (χ1n) is 3.96. The zero-order valence-corrected chi connectivity index (χ0v) is 9.30. The van der Waals surface area contributed by atoms with Crippen molar-refractivity contribution in [1.82, 2.24) is 0 Å². The number of halogens is 1. The zero-order chi connectivity index (χ0) is 10.6. The molecule has 0 heterocycles. The van der Waals surface area contributed by atoms with Gasteiger partial charge in [0.1, 0.15) is 6.61 Å². The molecule has 0 bridgehead atoms. The molecule has 0 aliphatic carbocycles. The molecule has 76 valence electrons. The fourth-order valence-electron chi connectivity index (χ4n) is 1.01. The lowest BCUT2D eigenvalue weighted by atomic mass is 10.3. The van der Waals surface area contributed by atoms with Crippen molar-refractivity contribution < 1.29 is 9.53 Å². The Morgan fingerprint density at radius 2 is 2.29 bits per heavy atom. The summed E-state index contributed by atoms with van der Waals surface area (Å²) in [5, 5.41) is 2.65. The van der Waals surface area contributed by atoms with Crippen molar-refractivity contribution in [2.75, 3.05) is 24.8 Å². The van der Waals surface area contributed by atoms with Crippen molar-refractivity contribution in [3.05, 3.63) is 22.7 Å². The van der Waals surface area contributed by atoms with Crippen molar-refractivity contribution in [3.63, 3.8) is 0 Å². The van der Waals surface area contributed by atoms with E-state index in [1.165, 1.54) is 7.11 Å². The molecule has 0 aromatic heterocycles. The number of nitrogens with one attached hydrogen (secondary N) is 1. The van der Waals surface area contributed by atoms with E-state index >= 15 is 0 Å². The van der Waals surface area contributed by atoms with Crippen LogP contribution >= 0.6 is 15.9 Å². The highest BCUT2D eigenvalue weighted by Crippen LogP contribution is 2.20. The minimum Gasteiger partial charge on any atom is -0.399 e. The molecule has 4 nitrogen and oxygen atoms in total. The Morgan fingerprint density at radius 1 is 1.57 bits per heavy atom. The molecule has 14 heavy (non-hydrogen) atoms. The number of nitrogens with two attached hydrogens (primary N) is 1. The van der Waals surface area contributed by atoms with Gasteiger partial charge in [0.2, 0.25) is 5.91 Å². The molecule has 0 unspecified atom stereocenters. The summed E-state index contributed by atoms with van der Waals surface area (Å²) < 4.78 is 5.51. The van der Waals surface area contributed by atoms with Gasteiger partial charge in [0.25, 0.3) is 0 Å². The van der Waals surface area contributed by atoms with Crippen LogP contribution in [0, 0.1) is 0 Å². The summed E-state index contributed by atoms with van der Waals surface area (Å²) >= 11 is 3.28. The number of hydrogen-bond donors (Lipinski definition) is 2. The van der Waals surface area contributed by atoms with Crippen molar-refractivity contribution >= 4 is 33.2 Å². The molecule has 1 aromatic rings. The molecule has 0 aliphatic rings. The lowest BCUT2D eigenvalue weighted by Gasteiger charge is -2.05. The number of ether oxygens (including phenoxy) is 1. The molecule has 1 aromatic carbocycles. The predicted octanol–water partition coefficient (Wildman–Crippen LogP) is 1.62. The molecule has 1 amide bonds. The molecule has 0 spiro atoms. The Bertz CT molecular complexity index is 321. The number of anilines is 2. The van der Waals surface area contributed by atoms with E-state index < -0.39 is 0 Å². The van der Waals surface area contributed by atoms with E-state index in [4.69, 9.17) is 5.73 Å². The summed E-state index contributed by atoms with van der Waals surface area (Å²) in [5.41, 5.74) is 6.84. The highest BCUT2D eigenvalue weighted by Gasteiger charge is 2.02. The first-order chi connectivity index (χ1) is 6.61. The van der Waals surface area contributed by atoms with Crippen LogP contribution in [0.4, 0.5) is 11.4 Å². The van der Waals surface area contributed by atoms with E-state index in [2.05, 4.69) is 26.0 Å². The topological polar surface area (TPSA) is 64.3 Å². The first-order valence-corrected chi connectivity index (χ1v) is 4.76. The van der Waals surface area contributed by atoms with Crippen molar-refractivity contribution in [3.8, 4) is 0 Å². The third kappa shape index (κ3) is 3.35. The molecule has 1 rings (SSSR count). The van der Waals surface area contributed by atoms with Gasteiger partial charge in [0.15, 0.2) is 0 Å². The third-order valence-corrected chi connectivity index (χ3v) is 1.94. The zero-order valence-electron chi connectivity index (χ0n) is 7.71. The molecule has 3 N–H and O–H groups in total. The number of carbonyl (C=O) groups is 1. The number of carbonyl (C=O) groups excluding carboxylic acids is 1. The number of nitrogen functional groups attached to an aromatic ring is 1. The first kappa shape index (κ1) is 11.0. The van der Waals surface area contributed by atoms with Gasteiger partial charge in [0.05, 0.1) is 0 Å². The van der Waals surface area contributed by atoms with E-state index in [0.29, 0.717) is 11.4 Å². The van der Waals surface area contributed by atoms with E-state index in [1.807, 2.05) is 0 Å². The summed E-state index contributed by atoms with van der Waals surface area (Å²) in [4.78, 5) is 11.1. The van der Waals surface area contributed by atoms with Crippen LogP contribution in [0.25, 0.3) is 0 Å². The van der Waals surface area contributed by atoms with Crippen LogP contribution in [0.15, 0.2) is 22.7 Å². The molecule has 0 fully saturated rings. The largest absolute Gasteiger partial charge is 0.399 e. The summed E-state index contributed by atoms with van der Waals surface area (Å²) in [6, 6.07) is 5.20. The van der Waals surface area contributed by atoms with Crippen molar-refractivity contribution in [2.24, 2.45) is 0 Å². The van der Waals surface area contributed by atoms with Gasteiger partial charge in [0, 0.05) is 23.0 Å². The van der Waals surface area contributed by atoms with Crippen LogP contribution in [0.1, 0.15) is 0 Å². The van der Waals surface area contributed by atoms with Gasteiger partial charge in [-0.3, -0.25) is 4.79 Å². The minimum absolute atomic E-state index is 0.0341. The summed E-state index contributed by atoms with van der Waals surface area (Å²) in [7, 11) is 1.47. The Morgan fingerprint density at radius 3 is 2.86 bits per heavy atom. The molecule has 0 saturated carbocycles. The number of hydrogen-bond acceptors (Lipinski definition) is 3. The smallest absolute Gasteiger partial charge is 0.250 e. The number of benzene rings is 1. The van der Waals surface area contributed by atoms with E-state index in [9.17, 15) is 4.79 Å². The molecule has 0 saturated heterocycles. The lowest BCUT2D eigenvalue weighted by Crippen LogP contribution is -2.17. The van der Waals surface area contributed by atoms with Crippen molar-refractivity contribution in [2.45, 2.75) is 0 Å². The minimum atomic E-state index is -0.204. The van der Waals surface area contributed by atoms with E-state index in [1.54, 1.807) is 18.2 Å². The highest BCUT2D eigenvalue weighted by atomic mass is 79.9. The van der Waals surface area contributed by atoms with E-state index in [-0.39, 0.29) is 12.5 Å². The maximum Gasteiger partial charge on any atom is 0.250 e. The van der Waals surface area contributed by atoms with Crippen LogP contribution in [0.5, 0.6) is 0 Å². The van der Waals surface area contributed by atoms with Gasteiger partial charge >= 0.3 is 0 Å². The Balaban J connectivity index is 2.71. The highest BCUT2D eigenvalue weighted by molar-refractivity contribution is 9.10. The van der Waals surface area contributed by atoms with Crippen LogP contribution < -0.4 is 11.1 Å². The average Bonchev–Trinajstić information content (AvgIpc) is 2.01. The van der Waals surface area contributed by atoms with Crippen LogP contribution in [0.2, 0.25) is 0 Å². The number of methoxy groups -OCH3 is 1. The van der Waals surface area contributed by atoms with Crippen molar-refractivity contribution in [1.29, 1.82) is 0 Å². The molecule has 5 heteroatoms. The summed E-state index contributed by atoms with van der Waals surface area (Å²) in [5.74, 6) is -0.204. The SMILES string of the molecule is COCC(=O)Nc1cc(N)cc(Br)c1. The average molecular weight is 259 g/mol. The number of rotatable bonds is 3. The second-order valence-corrected chi connectivity index (χ2v) is 3.67. The van der Waals surface area contributed by atoms with Gasteiger partial charge < -0.3 is 15.8 Å². The normalized spacial score (nSPS) is 9.86. The maximum absolute atomic E-state index is 11.1. The maximum atomic E-state index is 11.1. The van der Waals surface area contributed by atoms with Crippen LogP contribution in [0.3, 0.4) is 0 Å². The van der Waals surface area contributed by atoms with Crippen LogP contribution in [-0.4, -0.2) is 19.6 Å². The fraction of sp³-hybridized carbons (Fsp3) is 0.222. The third-order valence-electron chi connectivity index (χ3n) is 1.48. The Labute approximate surface area is 90.6 Å². The fourth-order valence-corrected chi connectivity index (χ4v) is 1.52. The van der Waals surface area contributed by atoms with Gasteiger partial charge in [-0.2, -0.15) is 0 Å². The van der Waals surface area contributed by atoms with Gasteiger partial charge in [-0.15, -0.1) is 0 Å². The summed E-state index contributed by atoms with van der Waals surface area (Å²) in [6.45, 7) is 0.0341. The summed E-state index contributed by atoms with van der Waals surface area (Å²) in [6.07, 6.45) is 0. The molecule has 0 radical (unpaired) electrons. The number of amides is 1. The lowest BCUT2D eigenvalue weighted by molar-refractivity contribution is -0.119. The monoisotopic (exact) mass is 258 g/mol. The van der Waals surface area contributed by atoms with Gasteiger partial charge in [-0.1, -0.05) is 15.9 Å². The second kappa shape index (κ2) is 4.97. The molecular formula is C9H11BrN2O2. The molecule has 0 atom stereocenters. The van der Waals surface area contributed by atoms with Crippen LogP contribution in [-0.2, 0) is 9.53 Å². The molecular weight excluding hydrogens is 248 g/mol. The predicted molar refractivity (Wildman–Crippen MR) is 59.1 cm³/mol. The molecule has 0 aliphatic heterocycles.